The van der Waals surface area contributed by atoms with Gasteiger partial charge in [0.25, 0.3) is 5.91 Å². The molecule has 3 nitrogen and oxygen atoms in total. The molecule has 1 heterocycles. The Hall–Kier alpha value is -1.90. The molecule has 0 bridgehead atoms. The highest BCUT2D eigenvalue weighted by atomic mass is 16.2. The number of hydrogen-bond acceptors (Lipinski definition) is 2. The van der Waals surface area contributed by atoms with Gasteiger partial charge in [-0.2, -0.15) is 0 Å². The second-order valence-corrected chi connectivity index (χ2v) is 3.70. The lowest BCUT2D eigenvalue weighted by atomic mass is 10.1. The van der Waals surface area contributed by atoms with Crippen LogP contribution in [-0.4, -0.2) is 29.4 Å². The predicted octanol–water partition coefficient (Wildman–Crippen LogP) is 2.33. The summed E-state index contributed by atoms with van der Waals surface area (Å²) in [5.74, 6) is 0.0202. The van der Waals surface area contributed by atoms with E-state index in [9.17, 15) is 4.79 Å². The Morgan fingerprint density at radius 1 is 1.31 bits per heavy atom. The van der Waals surface area contributed by atoms with E-state index in [1.807, 2.05) is 37.3 Å². The van der Waals surface area contributed by atoms with Gasteiger partial charge in [-0.15, -0.1) is 0 Å². The standard InChI is InChI=1S/C13H14N2O/c1-3-15(2)13(16)11-8-4-6-10-7-5-9-14-12(10)11/h4-9H,3H2,1-2H3. The number of pyridine rings is 1. The van der Waals surface area contributed by atoms with Crippen molar-refractivity contribution in [3.05, 3.63) is 42.1 Å². The van der Waals surface area contributed by atoms with E-state index < -0.39 is 0 Å². The molecule has 0 radical (unpaired) electrons. The first kappa shape index (κ1) is 10.6. The molecule has 0 unspecified atom stereocenters. The zero-order valence-corrected chi connectivity index (χ0v) is 9.47. The minimum absolute atomic E-state index is 0.0202. The van der Waals surface area contributed by atoms with Crippen LogP contribution in [0.25, 0.3) is 10.9 Å². The maximum absolute atomic E-state index is 12.1. The average molecular weight is 214 g/mol. The van der Waals surface area contributed by atoms with Crippen molar-refractivity contribution < 1.29 is 4.79 Å². The third kappa shape index (κ3) is 1.76. The molecule has 0 atom stereocenters. The Labute approximate surface area is 94.7 Å². The summed E-state index contributed by atoms with van der Waals surface area (Å²) in [5, 5.41) is 0.998. The van der Waals surface area contributed by atoms with E-state index in [0.29, 0.717) is 12.1 Å². The number of benzene rings is 1. The van der Waals surface area contributed by atoms with Crippen LogP contribution >= 0.6 is 0 Å². The smallest absolute Gasteiger partial charge is 0.255 e. The van der Waals surface area contributed by atoms with Crippen LogP contribution in [0.5, 0.6) is 0 Å². The van der Waals surface area contributed by atoms with E-state index in [0.717, 1.165) is 10.9 Å². The first-order valence-corrected chi connectivity index (χ1v) is 5.33. The van der Waals surface area contributed by atoms with E-state index in [4.69, 9.17) is 0 Å². The van der Waals surface area contributed by atoms with Crippen LogP contribution in [0, 0.1) is 0 Å². The Kier molecular flexibility index (Phi) is 2.86. The van der Waals surface area contributed by atoms with Crippen LogP contribution < -0.4 is 0 Å². The van der Waals surface area contributed by atoms with Gasteiger partial charge in [-0.05, 0) is 19.1 Å². The fraction of sp³-hybridized carbons (Fsp3) is 0.231. The summed E-state index contributed by atoms with van der Waals surface area (Å²) in [5.41, 5.74) is 1.44. The van der Waals surface area contributed by atoms with Crippen molar-refractivity contribution in [2.24, 2.45) is 0 Å². The normalized spacial score (nSPS) is 10.4. The van der Waals surface area contributed by atoms with Crippen LogP contribution in [0.15, 0.2) is 36.5 Å². The number of rotatable bonds is 2. The largest absolute Gasteiger partial charge is 0.342 e. The van der Waals surface area contributed by atoms with Gasteiger partial charge in [-0.1, -0.05) is 18.2 Å². The van der Waals surface area contributed by atoms with E-state index in [1.54, 1.807) is 18.1 Å². The van der Waals surface area contributed by atoms with Crippen molar-refractivity contribution in [3.63, 3.8) is 0 Å². The Morgan fingerprint density at radius 3 is 2.81 bits per heavy atom. The fourth-order valence-corrected chi connectivity index (χ4v) is 1.63. The van der Waals surface area contributed by atoms with Crippen LogP contribution in [0.1, 0.15) is 17.3 Å². The number of aromatic nitrogens is 1. The molecule has 0 fully saturated rings. The molecular weight excluding hydrogens is 200 g/mol. The van der Waals surface area contributed by atoms with Gasteiger partial charge < -0.3 is 4.90 Å². The summed E-state index contributed by atoms with van der Waals surface area (Å²) in [6.45, 7) is 2.65. The van der Waals surface area contributed by atoms with E-state index in [2.05, 4.69) is 4.98 Å². The lowest BCUT2D eigenvalue weighted by Crippen LogP contribution is -2.26. The molecular formula is C13H14N2O. The van der Waals surface area contributed by atoms with Crippen molar-refractivity contribution in [1.29, 1.82) is 0 Å². The zero-order chi connectivity index (χ0) is 11.5. The molecule has 0 aliphatic rings. The van der Waals surface area contributed by atoms with Gasteiger partial charge in [0.05, 0.1) is 11.1 Å². The van der Waals surface area contributed by atoms with Gasteiger partial charge in [-0.3, -0.25) is 9.78 Å². The Bertz CT molecular complexity index is 517. The van der Waals surface area contributed by atoms with Crippen LogP contribution in [0.2, 0.25) is 0 Å². The molecule has 1 aromatic carbocycles. The quantitative estimate of drug-likeness (QED) is 0.768. The molecule has 0 spiro atoms. The fourth-order valence-electron chi connectivity index (χ4n) is 1.63. The molecule has 0 aliphatic heterocycles. The monoisotopic (exact) mass is 214 g/mol. The van der Waals surface area contributed by atoms with E-state index in [1.165, 1.54) is 0 Å². The SMILES string of the molecule is CCN(C)C(=O)c1cccc2cccnc12. The third-order valence-electron chi connectivity index (χ3n) is 2.68. The second kappa shape index (κ2) is 4.31. The minimum Gasteiger partial charge on any atom is -0.342 e. The maximum Gasteiger partial charge on any atom is 0.255 e. The van der Waals surface area contributed by atoms with Crippen molar-refractivity contribution >= 4 is 16.8 Å². The predicted molar refractivity (Wildman–Crippen MR) is 64.4 cm³/mol. The zero-order valence-electron chi connectivity index (χ0n) is 9.47. The summed E-state index contributed by atoms with van der Waals surface area (Å²) in [4.78, 5) is 18.0. The summed E-state index contributed by atoms with van der Waals surface area (Å²) in [7, 11) is 1.80. The first-order valence-electron chi connectivity index (χ1n) is 5.33. The molecule has 82 valence electrons. The van der Waals surface area contributed by atoms with Gasteiger partial charge in [0.15, 0.2) is 0 Å². The highest BCUT2D eigenvalue weighted by Crippen LogP contribution is 2.17. The molecule has 1 amide bonds. The molecule has 1 aromatic heterocycles. The van der Waals surface area contributed by atoms with Crippen molar-refractivity contribution in [3.8, 4) is 0 Å². The van der Waals surface area contributed by atoms with Gasteiger partial charge >= 0.3 is 0 Å². The van der Waals surface area contributed by atoms with E-state index >= 15 is 0 Å². The average Bonchev–Trinajstić information content (AvgIpc) is 2.36. The molecule has 0 saturated carbocycles. The van der Waals surface area contributed by atoms with Crippen molar-refractivity contribution in [2.45, 2.75) is 6.92 Å². The number of fused-ring (bicyclic) bond motifs is 1. The van der Waals surface area contributed by atoms with Gasteiger partial charge in [0.2, 0.25) is 0 Å². The lowest BCUT2D eigenvalue weighted by Gasteiger charge is -2.15. The summed E-state index contributed by atoms with van der Waals surface area (Å²) in [6.07, 6.45) is 1.71. The first-order chi connectivity index (χ1) is 7.74. The molecule has 2 aromatic rings. The van der Waals surface area contributed by atoms with Crippen molar-refractivity contribution in [1.82, 2.24) is 9.88 Å². The van der Waals surface area contributed by atoms with Crippen LogP contribution in [-0.2, 0) is 0 Å². The van der Waals surface area contributed by atoms with Gasteiger partial charge in [0.1, 0.15) is 0 Å². The Balaban J connectivity index is 2.56. The third-order valence-corrected chi connectivity index (χ3v) is 2.68. The van der Waals surface area contributed by atoms with Crippen molar-refractivity contribution in [2.75, 3.05) is 13.6 Å². The van der Waals surface area contributed by atoms with Crippen LogP contribution in [0.4, 0.5) is 0 Å². The van der Waals surface area contributed by atoms with E-state index in [-0.39, 0.29) is 5.91 Å². The van der Waals surface area contributed by atoms with Gasteiger partial charge in [0, 0.05) is 25.2 Å². The number of carbonyl (C=O) groups is 1. The highest BCUT2D eigenvalue weighted by Gasteiger charge is 2.13. The molecule has 2 rings (SSSR count). The number of carbonyl (C=O) groups excluding carboxylic acids is 1. The number of nitrogens with zero attached hydrogens (tertiary/aromatic N) is 2. The highest BCUT2D eigenvalue weighted by molar-refractivity contribution is 6.05. The second-order valence-electron chi connectivity index (χ2n) is 3.70. The topological polar surface area (TPSA) is 33.2 Å². The molecule has 0 N–H and O–H groups in total. The summed E-state index contributed by atoms with van der Waals surface area (Å²) >= 11 is 0. The number of para-hydroxylation sites is 1. The summed E-state index contributed by atoms with van der Waals surface area (Å²) < 4.78 is 0. The molecule has 3 heteroatoms. The Morgan fingerprint density at radius 2 is 2.06 bits per heavy atom. The maximum atomic E-state index is 12.1. The molecule has 0 aliphatic carbocycles. The molecule has 0 saturated heterocycles. The minimum atomic E-state index is 0.0202. The molecule has 16 heavy (non-hydrogen) atoms. The van der Waals surface area contributed by atoms with Crippen LogP contribution in [0.3, 0.4) is 0 Å². The van der Waals surface area contributed by atoms with Gasteiger partial charge in [-0.25, -0.2) is 0 Å². The lowest BCUT2D eigenvalue weighted by molar-refractivity contribution is 0.0804. The number of hydrogen-bond donors (Lipinski definition) is 0. The summed E-state index contributed by atoms with van der Waals surface area (Å²) in [6, 6.07) is 9.51. The number of amides is 1.